The molecule has 5 nitrogen and oxygen atoms in total. The molecule has 2 rings (SSSR count). The van der Waals surface area contributed by atoms with Gasteiger partial charge < -0.3 is 14.6 Å². The highest BCUT2D eigenvalue weighted by Crippen LogP contribution is 2.13. The topological polar surface area (TPSA) is 58.4 Å². The monoisotopic (exact) mass is 231 g/mol. The lowest BCUT2D eigenvalue weighted by Gasteiger charge is -2.11. The van der Waals surface area contributed by atoms with E-state index in [4.69, 9.17) is 4.42 Å². The highest BCUT2D eigenvalue weighted by Gasteiger charge is 2.08. The molecule has 0 unspecified atom stereocenters. The average molecular weight is 231 g/mol. The molecule has 0 fully saturated rings. The van der Waals surface area contributed by atoms with Crippen LogP contribution in [0.15, 0.2) is 41.1 Å². The van der Waals surface area contributed by atoms with E-state index in [9.17, 15) is 4.79 Å². The Morgan fingerprint density at radius 3 is 2.71 bits per heavy atom. The number of furan rings is 1. The highest BCUT2D eigenvalue weighted by atomic mass is 16.3. The number of hydrogen-bond acceptors (Lipinski definition) is 4. The summed E-state index contributed by atoms with van der Waals surface area (Å²) >= 11 is 0. The molecule has 2 heterocycles. The minimum absolute atomic E-state index is 0.279. The van der Waals surface area contributed by atoms with Crippen LogP contribution >= 0.6 is 0 Å². The fourth-order valence-electron chi connectivity index (χ4n) is 1.32. The van der Waals surface area contributed by atoms with Crippen LogP contribution < -0.4 is 10.2 Å². The SMILES string of the molecule is CN(C)c1ccc(NC(=O)c2ccco2)cn1. The van der Waals surface area contributed by atoms with Crippen LogP contribution in [0.5, 0.6) is 0 Å². The molecule has 0 radical (unpaired) electrons. The van der Waals surface area contributed by atoms with Gasteiger partial charge in [0.15, 0.2) is 5.76 Å². The van der Waals surface area contributed by atoms with Crippen molar-refractivity contribution in [3.05, 3.63) is 42.5 Å². The van der Waals surface area contributed by atoms with Gasteiger partial charge in [-0.15, -0.1) is 0 Å². The molecule has 0 aliphatic rings. The summed E-state index contributed by atoms with van der Waals surface area (Å²) in [5.74, 6) is 0.831. The predicted octanol–water partition coefficient (Wildman–Crippen LogP) is 1.99. The molecular formula is C12H13N3O2. The summed E-state index contributed by atoms with van der Waals surface area (Å²) in [6.07, 6.45) is 3.07. The third kappa shape index (κ3) is 2.63. The molecule has 1 N–H and O–H groups in total. The lowest BCUT2D eigenvalue weighted by Crippen LogP contribution is -2.13. The minimum atomic E-state index is -0.283. The van der Waals surface area contributed by atoms with Gasteiger partial charge in [-0.2, -0.15) is 0 Å². The van der Waals surface area contributed by atoms with E-state index in [0.717, 1.165) is 5.82 Å². The lowest BCUT2D eigenvalue weighted by atomic mass is 10.3. The molecule has 2 aromatic heterocycles. The van der Waals surface area contributed by atoms with Crippen LogP contribution in [0.25, 0.3) is 0 Å². The lowest BCUT2D eigenvalue weighted by molar-refractivity contribution is 0.0996. The molecule has 1 amide bonds. The predicted molar refractivity (Wildman–Crippen MR) is 65.2 cm³/mol. The van der Waals surface area contributed by atoms with E-state index in [1.54, 1.807) is 24.4 Å². The highest BCUT2D eigenvalue weighted by molar-refractivity contribution is 6.02. The van der Waals surface area contributed by atoms with Gasteiger partial charge in [0.2, 0.25) is 0 Å². The molecule has 5 heteroatoms. The molecule has 0 aromatic carbocycles. The van der Waals surface area contributed by atoms with Gasteiger partial charge in [0, 0.05) is 14.1 Å². The summed E-state index contributed by atoms with van der Waals surface area (Å²) < 4.78 is 4.99. The van der Waals surface area contributed by atoms with E-state index in [1.807, 2.05) is 25.1 Å². The van der Waals surface area contributed by atoms with Crippen molar-refractivity contribution in [3.63, 3.8) is 0 Å². The second-order valence-corrected chi connectivity index (χ2v) is 3.73. The Labute approximate surface area is 99.1 Å². The number of amides is 1. The Bertz CT molecular complexity index is 489. The van der Waals surface area contributed by atoms with E-state index in [2.05, 4.69) is 10.3 Å². The van der Waals surface area contributed by atoms with Crippen molar-refractivity contribution in [2.75, 3.05) is 24.3 Å². The number of hydrogen-bond donors (Lipinski definition) is 1. The van der Waals surface area contributed by atoms with Gasteiger partial charge in [-0.1, -0.05) is 0 Å². The van der Waals surface area contributed by atoms with Crippen LogP contribution in [0, 0.1) is 0 Å². The Hall–Kier alpha value is -2.30. The molecule has 17 heavy (non-hydrogen) atoms. The molecule has 0 aliphatic carbocycles. The van der Waals surface area contributed by atoms with E-state index in [1.165, 1.54) is 6.26 Å². The summed E-state index contributed by atoms with van der Waals surface area (Å²) in [7, 11) is 3.81. The van der Waals surface area contributed by atoms with Crippen molar-refractivity contribution in [1.29, 1.82) is 0 Å². The van der Waals surface area contributed by atoms with Crippen molar-refractivity contribution < 1.29 is 9.21 Å². The normalized spacial score (nSPS) is 10.0. The van der Waals surface area contributed by atoms with Gasteiger partial charge >= 0.3 is 0 Å². The van der Waals surface area contributed by atoms with Crippen LogP contribution in [-0.4, -0.2) is 25.0 Å². The van der Waals surface area contributed by atoms with E-state index >= 15 is 0 Å². The number of aromatic nitrogens is 1. The maximum atomic E-state index is 11.7. The maximum absolute atomic E-state index is 11.7. The molecule has 0 aliphatic heterocycles. The number of carbonyl (C=O) groups is 1. The largest absolute Gasteiger partial charge is 0.459 e. The number of carbonyl (C=O) groups excluding carboxylic acids is 1. The first-order chi connectivity index (χ1) is 8.16. The molecule has 0 atom stereocenters. The van der Waals surface area contributed by atoms with E-state index in [0.29, 0.717) is 5.69 Å². The first kappa shape index (κ1) is 11.2. The molecule has 0 spiro atoms. The Balaban J connectivity index is 2.07. The van der Waals surface area contributed by atoms with Crippen LogP contribution in [0.1, 0.15) is 10.6 Å². The Kier molecular flexibility index (Phi) is 3.09. The van der Waals surface area contributed by atoms with E-state index in [-0.39, 0.29) is 11.7 Å². The van der Waals surface area contributed by atoms with Gasteiger partial charge in [0.25, 0.3) is 5.91 Å². The fraction of sp³-hybridized carbons (Fsp3) is 0.167. The molecular weight excluding hydrogens is 218 g/mol. The Morgan fingerprint density at radius 2 is 2.18 bits per heavy atom. The smallest absolute Gasteiger partial charge is 0.291 e. The molecule has 2 aromatic rings. The van der Waals surface area contributed by atoms with Gasteiger partial charge in [-0.25, -0.2) is 4.98 Å². The average Bonchev–Trinajstić information content (AvgIpc) is 2.83. The zero-order chi connectivity index (χ0) is 12.3. The summed E-state index contributed by atoms with van der Waals surface area (Å²) in [5.41, 5.74) is 0.636. The van der Waals surface area contributed by atoms with Crippen molar-refractivity contribution in [3.8, 4) is 0 Å². The number of nitrogens with one attached hydrogen (secondary N) is 1. The number of anilines is 2. The second kappa shape index (κ2) is 4.69. The molecule has 0 saturated carbocycles. The summed E-state index contributed by atoms with van der Waals surface area (Å²) in [4.78, 5) is 17.7. The fourth-order valence-corrected chi connectivity index (χ4v) is 1.32. The minimum Gasteiger partial charge on any atom is -0.459 e. The van der Waals surface area contributed by atoms with Crippen molar-refractivity contribution >= 4 is 17.4 Å². The molecule has 88 valence electrons. The number of rotatable bonds is 3. The summed E-state index contributed by atoms with van der Waals surface area (Å²) in [6.45, 7) is 0. The van der Waals surface area contributed by atoms with E-state index < -0.39 is 0 Å². The third-order valence-corrected chi connectivity index (χ3v) is 2.21. The van der Waals surface area contributed by atoms with Gasteiger partial charge in [-0.3, -0.25) is 4.79 Å². The van der Waals surface area contributed by atoms with Crippen molar-refractivity contribution in [1.82, 2.24) is 4.98 Å². The second-order valence-electron chi connectivity index (χ2n) is 3.73. The molecule has 0 saturated heterocycles. The van der Waals surface area contributed by atoms with Crippen LogP contribution in [0.3, 0.4) is 0 Å². The number of pyridine rings is 1. The quantitative estimate of drug-likeness (QED) is 0.877. The third-order valence-electron chi connectivity index (χ3n) is 2.21. The summed E-state index contributed by atoms with van der Waals surface area (Å²) in [5, 5.41) is 2.70. The van der Waals surface area contributed by atoms with Crippen LogP contribution in [0.2, 0.25) is 0 Å². The van der Waals surface area contributed by atoms with Crippen molar-refractivity contribution in [2.24, 2.45) is 0 Å². The van der Waals surface area contributed by atoms with Gasteiger partial charge in [0.05, 0.1) is 18.1 Å². The first-order valence-electron chi connectivity index (χ1n) is 5.15. The first-order valence-corrected chi connectivity index (χ1v) is 5.15. The molecule has 0 bridgehead atoms. The van der Waals surface area contributed by atoms with Crippen molar-refractivity contribution in [2.45, 2.75) is 0 Å². The Morgan fingerprint density at radius 1 is 1.35 bits per heavy atom. The van der Waals surface area contributed by atoms with Crippen LogP contribution in [-0.2, 0) is 0 Å². The van der Waals surface area contributed by atoms with Crippen LogP contribution in [0.4, 0.5) is 11.5 Å². The summed E-state index contributed by atoms with van der Waals surface area (Å²) in [6, 6.07) is 6.90. The maximum Gasteiger partial charge on any atom is 0.291 e. The van der Waals surface area contributed by atoms with Gasteiger partial charge in [-0.05, 0) is 24.3 Å². The van der Waals surface area contributed by atoms with Gasteiger partial charge in [0.1, 0.15) is 5.82 Å². The standard InChI is InChI=1S/C12H13N3O2/c1-15(2)11-6-5-9(8-13-11)14-12(16)10-4-3-7-17-10/h3-8H,1-2H3,(H,14,16). The zero-order valence-corrected chi connectivity index (χ0v) is 9.68. The zero-order valence-electron chi connectivity index (χ0n) is 9.68. The number of nitrogens with zero attached hydrogens (tertiary/aromatic N) is 2.